The minimum Gasteiger partial charge on any atom is -0.381 e. The van der Waals surface area contributed by atoms with Crippen molar-refractivity contribution in [2.24, 2.45) is 0 Å². The van der Waals surface area contributed by atoms with Crippen molar-refractivity contribution in [1.29, 1.82) is 0 Å². The van der Waals surface area contributed by atoms with E-state index in [4.69, 9.17) is 4.74 Å². The molecule has 0 aromatic rings. The van der Waals surface area contributed by atoms with E-state index in [1.807, 2.05) is 11.8 Å². The molecule has 0 unspecified atom stereocenters. The number of thioether (sulfide) groups is 1. The van der Waals surface area contributed by atoms with E-state index in [-0.39, 0.29) is 24.0 Å². The van der Waals surface area contributed by atoms with Crippen molar-refractivity contribution in [3.63, 3.8) is 0 Å². The SMILES string of the molecule is CCCCOCCCNC(=O)CCCC[C@@H]1SC[C@@H]2NC(=O)N[C@@H]21. The molecule has 7 heteroatoms. The fourth-order valence-electron chi connectivity index (χ4n) is 3.11. The Hall–Kier alpha value is -0.950. The van der Waals surface area contributed by atoms with Gasteiger partial charge in [0.1, 0.15) is 0 Å². The normalized spacial score (nSPS) is 25.2. The second-order valence-corrected chi connectivity index (χ2v) is 7.81. The average Bonchev–Trinajstić information content (AvgIpc) is 3.10. The molecule has 0 saturated carbocycles. The summed E-state index contributed by atoms with van der Waals surface area (Å²) in [5, 5.41) is 9.40. The Kier molecular flexibility index (Phi) is 8.74. The zero-order valence-electron chi connectivity index (χ0n) is 14.6. The van der Waals surface area contributed by atoms with Crippen molar-refractivity contribution in [1.82, 2.24) is 16.0 Å². The van der Waals surface area contributed by atoms with Crippen molar-refractivity contribution in [2.45, 2.75) is 69.2 Å². The standard InChI is InChI=1S/C17H31N3O3S/c1-2-3-10-23-11-6-9-18-15(21)8-5-4-7-14-16-13(12-24-14)19-17(22)20-16/h13-14,16H,2-12H2,1H3,(H,18,21)(H2,19,20,22)/t13-,14-,16-/m0/s1. The van der Waals surface area contributed by atoms with E-state index >= 15 is 0 Å². The Bertz CT molecular complexity index is 409. The Morgan fingerprint density at radius 3 is 2.92 bits per heavy atom. The molecule has 0 bridgehead atoms. The number of rotatable bonds is 12. The smallest absolute Gasteiger partial charge is 0.315 e. The summed E-state index contributed by atoms with van der Waals surface area (Å²) in [6, 6.07) is 0.521. The number of amides is 3. The number of hydrogen-bond acceptors (Lipinski definition) is 4. The van der Waals surface area contributed by atoms with Crippen LogP contribution in [0.3, 0.4) is 0 Å². The lowest BCUT2D eigenvalue weighted by Crippen LogP contribution is -2.36. The monoisotopic (exact) mass is 357 g/mol. The van der Waals surface area contributed by atoms with Gasteiger partial charge in [-0.05, 0) is 25.7 Å². The number of urea groups is 1. The Balaban J connectivity index is 1.43. The quantitative estimate of drug-likeness (QED) is 0.369. The summed E-state index contributed by atoms with van der Waals surface area (Å²) >= 11 is 1.93. The summed E-state index contributed by atoms with van der Waals surface area (Å²) in [6.07, 6.45) is 6.73. The van der Waals surface area contributed by atoms with Gasteiger partial charge in [-0.25, -0.2) is 4.79 Å². The van der Waals surface area contributed by atoms with Crippen LogP contribution in [0.1, 0.15) is 51.9 Å². The van der Waals surface area contributed by atoms with Crippen LogP contribution in [-0.2, 0) is 9.53 Å². The molecule has 2 rings (SSSR count). The van der Waals surface area contributed by atoms with Gasteiger partial charge in [0, 0.05) is 37.2 Å². The van der Waals surface area contributed by atoms with Gasteiger partial charge in [0.15, 0.2) is 0 Å². The summed E-state index contributed by atoms with van der Waals surface area (Å²) < 4.78 is 5.46. The minimum absolute atomic E-state index is 0.0339. The molecule has 2 saturated heterocycles. The predicted octanol–water partition coefficient (Wildman–Crippen LogP) is 2.04. The highest BCUT2D eigenvalue weighted by molar-refractivity contribution is 8.00. The number of carbonyl (C=O) groups excluding carboxylic acids is 2. The van der Waals surface area contributed by atoms with Gasteiger partial charge < -0.3 is 20.7 Å². The zero-order chi connectivity index (χ0) is 17.2. The summed E-state index contributed by atoms with van der Waals surface area (Å²) in [4.78, 5) is 23.1. The molecule has 138 valence electrons. The highest BCUT2D eigenvalue weighted by Gasteiger charge is 2.42. The first-order chi connectivity index (χ1) is 11.7. The fraction of sp³-hybridized carbons (Fsp3) is 0.882. The zero-order valence-corrected chi connectivity index (χ0v) is 15.5. The van der Waals surface area contributed by atoms with Crippen molar-refractivity contribution < 1.29 is 14.3 Å². The van der Waals surface area contributed by atoms with E-state index in [9.17, 15) is 9.59 Å². The Morgan fingerprint density at radius 2 is 2.08 bits per heavy atom. The first-order valence-corrected chi connectivity index (χ1v) is 10.3. The minimum atomic E-state index is -0.0339. The van der Waals surface area contributed by atoms with Gasteiger partial charge in [0.25, 0.3) is 0 Å². The number of hydrogen-bond donors (Lipinski definition) is 3. The van der Waals surface area contributed by atoms with E-state index < -0.39 is 0 Å². The third kappa shape index (κ3) is 6.51. The molecular formula is C17H31N3O3S. The van der Waals surface area contributed by atoms with Crippen LogP contribution < -0.4 is 16.0 Å². The highest BCUT2D eigenvalue weighted by atomic mass is 32.2. The van der Waals surface area contributed by atoms with Gasteiger partial charge in [-0.1, -0.05) is 19.8 Å². The lowest BCUT2D eigenvalue weighted by Gasteiger charge is -2.16. The molecular weight excluding hydrogens is 326 g/mol. The third-order valence-electron chi connectivity index (χ3n) is 4.51. The number of nitrogens with one attached hydrogen (secondary N) is 3. The summed E-state index contributed by atoms with van der Waals surface area (Å²) in [7, 11) is 0. The maximum absolute atomic E-state index is 11.8. The first kappa shape index (κ1) is 19.4. The van der Waals surface area contributed by atoms with Crippen LogP contribution >= 0.6 is 11.8 Å². The van der Waals surface area contributed by atoms with Crippen LogP contribution in [0.15, 0.2) is 0 Å². The summed E-state index contributed by atoms with van der Waals surface area (Å²) in [6.45, 7) is 4.39. The molecule has 24 heavy (non-hydrogen) atoms. The van der Waals surface area contributed by atoms with Gasteiger partial charge in [-0.15, -0.1) is 0 Å². The molecule has 2 aliphatic heterocycles. The topological polar surface area (TPSA) is 79.5 Å². The number of fused-ring (bicyclic) bond motifs is 1. The average molecular weight is 358 g/mol. The van der Waals surface area contributed by atoms with E-state index in [0.717, 1.165) is 57.5 Å². The lowest BCUT2D eigenvalue weighted by molar-refractivity contribution is -0.121. The maximum Gasteiger partial charge on any atom is 0.315 e. The molecule has 0 spiro atoms. The van der Waals surface area contributed by atoms with Crippen LogP contribution in [0.2, 0.25) is 0 Å². The fourth-order valence-corrected chi connectivity index (χ4v) is 4.66. The molecule has 2 heterocycles. The summed E-state index contributed by atoms with van der Waals surface area (Å²) in [5.74, 6) is 1.13. The van der Waals surface area contributed by atoms with E-state index in [0.29, 0.717) is 18.2 Å². The van der Waals surface area contributed by atoms with Crippen molar-refractivity contribution in [2.75, 3.05) is 25.5 Å². The largest absolute Gasteiger partial charge is 0.381 e. The molecule has 0 aromatic heterocycles. The molecule has 2 fully saturated rings. The Morgan fingerprint density at radius 1 is 1.25 bits per heavy atom. The maximum atomic E-state index is 11.8. The van der Waals surface area contributed by atoms with Gasteiger partial charge >= 0.3 is 6.03 Å². The van der Waals surface area contributed by atoms with Crippen molar-refractivity contribution in [3.8, 4) is 0 Å². The molecule has 0 aliphatic carbocycles. The van der Waals surface area contributed by atoms with Crippen LogP contribution in [0, 0.1) is 0 Å². The predicted molar refractivity (Wildman–Crippen MR) is 97.3 cm³/mol. The molecule has 6 nitrogen and oxygen atoms in total. The van der Waals surface area contributed by atoms with Crippen molar-refractivity contribution >= 4 is 23.7 Å². The molecule has 2 aliphatic rings. The van der Waals surface area contributed by atoms with Gasteiger partial charge in [-0.2, -0.15) is 11.8 Å². The molecule has 0 radical (unpaired) electrons. The molecule has 3 amide bonds. The Labute approximate surface area is 149 Å². The van der Waals surface area contributed by atoms with E-state index in [2.05, 4.69) is 22.9 Å². The second kappa shape index (κ2) is 10.8. The number of carbonyl (C=O) groups is 2. The lowest BCUT2D eigenvalue weighted by atomic mass is 10.0. The van der Waals surface area contributed by atoms with Gasteiger partial charge in [0.05, 0.1) is 12.1 Å². The van der Waals surface area contributed by atoms with Crippen LogP contribution in [-0.4, -0.2) is 54.8 Å². The van der Waals surface area contributed by atoms with Gasteiger partial charge in [-0.3, -0.25) is 4.79 Å². The first-order valence-electron chi connectivity index (χ1n) is 9.23. The van der Waals surface area contributed by atoms with E-state index in [1.165, 1.54) is 0 Å². The highest BCUT2D eigenvalue weighted by Crippen LogP contribution is 2.33. The van der Waals surface area contributed by atoms with Crippen LogP contribution in [0.4, 0.5) is 4.79 Å². The van der Waals surface area contributed by atoms with Crippen LogP contribution in [0.5, 0.6) is 0 Å². The van der Waals surface area contributed by atoms with Crippen molar-refractivity contribution in [3.05, 3.63) is 0 Å². The number of ether oxygens (including phenoxy) is 1. The van der Waals surface area contributed by atoms with Crippen LogP contribution in [0.25, 0.3) is 0 Å². The molecule has 0 aromatic carbocycles. The second-order valence-electron chi connectivity index (χ2n) is 6.54. The third-order valence-corrected chi connectivity index (χ3v) is 6.02. The number of unbranched alkanes of at least 4 members (excludes halogenated alkanes) is 2. The summed E-state index contributed by atoms with van der Waals surface area (Å²) in [5.41, 5.74) is 0. The van der Waals surface area contributed by atoms with Gasteiger partial charge in [0.2, 0.25) is 5.91 Å². The van der Waals surface area contributed by atoms with E-state index in [1.54, 1.807) is 0 Å². The molecule has 3 N–H and O–H groups in total. The molecule has 3 atom stereocenters.